The van der Waals surface area contributed by atoms with Crippen molar-refractivity contribution in [2.45, 2.75) is 31.3 Å². The maximum Gasteiger partial charge on any atom is 0.205 e. The molecule has 1 aliphatic heterocycles. The number of aryl methyl sites for hydroxylation is 1. The molecular weight excluding hydrogens is 370 g/mol. The predicted molar refractivity (Wildman–Crippen MR) is 115 cm³/mol. The van der Waals surface area contributed by atoms with Crippen molar-refractivity contribution in [3.8, 4) is 29.1 Å². The first kappa shape index (κ1) is 18.2. The summed E-state index contributed by atoms with van der Waals surface area (Å²) in [5.74, 6) is 0.757. The Morgan fingerprint density at radius 2 is 1.80 bits per heavy atom. The second kappa shape index (κ2) is 7.17. The third-order valence-corrected chi connectivity index (χ3v) is 6.09. The molecule has 1 heterocycles. The van der Waals surface area contributed by atoms with Crippen LogP contribution in [0, 0.1) is 22.8 Å². The maximum atomic E-state index is 9.37. The number of aliphatic imine (C=N–C) groups is 1. The Balaban J connectivity index is 1.63. The highest BCUT2D eigenvalue weighted by atomic mass is 16.5. The van der Waals surface area contributed by atoms with Crippen LogP contribution in [0.2, 0.25) is 0 Å². The highest BCUT2D eigenvalue weighted by molar-refractivity contribution is 6.06. The first-order chi connectivity index (χ1) is 14.7. The number of fused-ring (bicyclic) bond motifs is 3. The van der Waals surface area contributed by atoms with Crippen LogP contribution in [0.25, 0.3) is 11.1 Å². The first-order valence-electron chi connectivity index (χ1n) is 10.1. The molecule has 5 rings (SSSR count). The minimum Gasteiger partial charge on any atom is -0.481 e. The fourth-order valence-electron chi connectivity index (χ4n) is 4.74. The van der Waals surface area contributed by atoms with Crippen molar-refractivity contribution >= 4 is 5.71 Å². The summed E-state index contributed by atoms with van der Waals surface area (Å²) in [5, 5.41) is 18.6. The zero-order valence-electron chi connectivity index (χ0n) is 16.4. The van der Waals surface area contributed by atoms with Gasteiger partial charge in [0, 0.05) is 12.0 Å². The highest BCUT2D eigenvalue weighted by Gasteiger charge is 2.43. The van der Waals surface area contributed by atoms with Gasteiger partial charge in [0.1, 0.15) is 11.4 Å². The Morgan fingerprint density at radius 1 is 0.933 bits per heavy atom. The van der Waals surface area contributed by atoms with Gasteiger partial charge in [-0.05, 0) is 65.8 Å². The summed E-state index contributed by atoms with van der Waals surface area (Å²) in [5.41, 5.74) is 6.20. The number of hydrogen-bond acceptors (Lipinski definition) is 4. The Labute approximate surface area is 175 Å². The average Bonchev–Trinajstić information content (AvgIpc) is 2.79. The van der Waals surface area contributed by atoms with Gasteiger partial charge in [0.15, 0.2) is 0 Å². The Morgan fingerprint density at radius 3 is 2.67 bits per heavy atom. The van der Waals surface area contributed by atoms with Crippen molar-refractivity contribution in [1.29, 1.82) is 10.5 Å². The van der Waals surface area contributed by atoms with Gasteiger partial charge in [-0.1, -0.05) is 42.5 Å². The molecule has 0 fully saturated rings. The third kappa shape index (κ3) is 2.95. The molecule has 2 aliphatic rings. The smallest absolute Gasteiger partial charge is 0.205 e. The lowest BCUT2D eigenvalue weighted by Crippen LogP contribution is -2.42. The van der Waals surface area contributed by atoms with Gasteiger partial charge in [-0.2, -0.15) is 15.5 Å². The van der Waals surface area contributed by atoms with E-state index in [2.05, 4.69) is 35.3 Å². The molecule has 1 spiro atoms. The van der Waals surface area contributed by atoms with Crippen molar-refractivity contribution < 1.29 is 4.74 Å². The van der Waals surface area contributed by atoms with Crippen LogP contribution < -0.4 is 4.74 Å². The fraction of sp³-hybridized carbons (Fsp3) is 0.192. The van der Waals surface area contributed by atoms with Crippen molar-refractivity contribution in [2.24, 2.45) is 4.99 Å². The lowest BCUT2D eigenvalue weighted by Gasteiger charge is -2.43. The molecule has 3 aromatic carbocycles. The van der Waals surface area contributed by atoms with Crippen LogP contribution in [0.4, 0.5) is 0 Å². The molecule has 3 aromatic rings. The van der Waals surface area contributed by atoms with E-state index in [1.54, 1.807) is 6.07 Å². The molecule has 0 bridgehead atoms. The van der Waals surface area contributed by atoms with Crippen LogP contribution in [0.1, 0.15) is 41.5 Å². The summed E-state index contributed by atoms with van der Waals surface area (Å²) in [6.07, 6.45) is 5.56. The van der Waals surface area contributed by atoms with E-state index in [-0.39, 0.29) is 0 Å². The molecular formula is C26H19N3O. The quantitative estimate of drug-likeness (QED) is 0.515. The number of rotatable bonds is 1. The van der Waals surface area contributed by atoms with Gasteiger partial charge < -0.3 is 4.74 Å². The van der Waals surface area contributed by atoms with Crippen LogP contribution in [-0.2, 0) is 12.0 Å². The molecule has 4 nitrogen and oxygen atoms in total. The predicted octanol–water partition coefficient (Wildman–Crippen LogP) is 5.51. The first-order valence-corrected chi connectivity index (χ1v) is 10.1. The largest absolute Gasteiger partial charge is 0.481 e. The van der Waals surface area contributed by atoms with E-state index >= 15 is 0 Å². The lowest BCUT2D eigenvalue weighted by atomic mass is 9.74. The van der Waals surface area contributed by atoms with Crippen LogP contribution >= 0.6 is 0 Å². The summed E-state index contributed by atoms with van der Waals surface area (Å²) in [4.78, 5) is 4.21. The summed E-state index contributed by atoms with van der Waals surface area (Å²) in [6.45, 7) is 0. The van der Waals surface area contributed by atoms with Crippen molar-refractivity contribution in [3.05, 3.63) is 89.0 Å². The van der Waals surface area contributed by atoms with Gasteiger partial charge in [-0.15, -0.1) is 0 Å². The molecule has 0 N–H and O–H groups in total. The zero-order valence-corrected chi connectivity index (χ0v) is 16.4. The zero-order chi connectivity index (χ0) is 20.6. The second-order valence-corrected chi connectivity index (χ2v) is 7.85. The normalized spacial score (nSPS) is 20.5. The number of nitrogens with zero attached hydrogens (tertiary/aromatic N) is 3. The van der Waals surface area contributed by atoms with Gasteiger partial charge in [-0.25, -0.2) is 0 Å². The van der Waals surface area contributed by atoms with Gasteiger partial charge >= 0.3 is 0 Å². The summed E-state index contributed by atoms with van der Waals surface area (Å²) in [6, 6.07) is 24.1. The molecule has 1 aliphatic carbocycles. The third-order valence-electron chi connectivity index (χ3n) is 6.09. The van der Waals surface area contributed by atoms with Gasteiger partial charge in [0.25, 0.3) is 0 Å². The monoisotopic (exact) mass is 389 g/mol. The molecule has 144 valence electrons. The number of nitriles is 2. The van der Waals surface area contributed by atoms with Crippen molar-refractivity contribution in [3.63, 3.8) is 0 Å². The standard InChI is InChI=1S/C26H19N3O/c27-16-18-5-3-7-20(13-18)21-10-11-25-22(14-21)24(29-17-28)15-26(30-25)12-4-8-19-6-1-2-9-23(19)26/h1-3,5-7,9-11,13-14H,4,8,12,15H2. The number of ether oxygens (including phenoxy) is 1. The second-order valence-electron chi connectivity index (χ2n) is 7.85. The molecule has 30 heavy (non-hydrogen) atoms. The summed E-state index contributed by atoms with van der Waals surface area (Å²) >= 11 is 0. The van der Waals surface area contributed by atoms with Crippen molar-refractivity contribution in [2.75, 3.05) is 0 Å². The van der Waals surface area contributed by atoms with E-state index in [1.807, 2.05) is 42.6 Å². The van der Waals surface area contributed by atoms with Crippen LogP contribution in [0.3, 0.4) is 0 Å². The van der Waals surface area contributed by atoms with E-state index in [1.165, 1.54) is 11.1 Å². The van der Waals surface area contributed by atoms with E-state index in [0.717, 1.165) is 47.4 Å². The Kier molecular flexibility index (Phi) is 4.34. The molecule has 1 atom stereocenters. The Bertz CT molecular complexity index is 1260. The molecule has 0 aromatic heterocycles. The molecule has 0 saturated heterocycles. The average molecular weight is 389 g/mol. The fourth-order valence-corrected chi connectivity index (χ4v) is 4.74. The highest BCUT2D eigenvalue weighted by Crippen LogP contribution is 2.47. The molecule has 1 unspecified atom stereocenters. The van der Waals surface area contributed by atoms with Gasteiger partial charge in [0.2, 0.25) is 6.19 Å². The number of hydrogen-bond donors (Lipinski definition) is 0. The molecule has 0 saturated carbocycles. The van der Waals surface area contributed by atoms with E-state index < -0.39 is 5.60 Å². The SMILES string of the molecule is N#CN=C1CC2(CCCc3ccccc32)Oc2ccc(-c3cccc(C#N)c3)cc21. The molecule has 0 radical (unpaired) electrons. The molecule has 0 amide bonds. The van der Waals surface area contributed by atoms with E-state index in [9.17, 15) is 10.5 Å². The van der Waals surface area contributed by atoms with Crippen LogP contribution in [-0.4, -0.2) is 5.71 Å². The lowest BCUT2D eigenvalue weighted by molar-refractivity contribution is 0.0491. The minimum atomic E-state index is -0.472. The Hall–Kier alpha value is -3.89. The number of benzene rings is 3. The van der Waals surface area contributed by atoms with Gasteiger partial charge in [0.05, 0.1) is 17.3 Å². The van der Waals surface area contributed by atoms with E-state index in [4.69, 9.17) is 4.74 Å². The van der Waals surface area contributed by atoms with Crippen LogP contribution in [0.15, 0.2) is 71.7 Å². The van der Waals surface area contributed by atoms with Crippen molar-refractivity contribution in [1.82, 2.24) is 0 Å². The van der Waals surface area contributed by atoms with Crippen LogP contribution in [0.5, 0.6) is 5.75 Å². The topological polar surface area (TPSA) is 69.2 Å². The van der Waals surface area contributed by atoms with E-state index in [0.29, 0.717) is 12.0 Å². The summed E-state index contributed by atoms with van der Waals surface area (Å²) < 4.78 is 6.66. The minimum absolute atomic E-state index is 0.472. The summed E-state index contributed by atoms with van der Waals surface area (Å²) in [7, 11) is 0. The molecule has 4 heteroatoms. The maximum absolute atomic E-state index is 9.37. The van der Waals surface area contributed by atoms with Gasteiger partial charge in [-0.3, -0.25) is 0 Å².